The van der Waals surface area contributed by atoms with Crippen LogP contribution in [-0.4, -0.2) is 16.9 Å². The first-order chi connectivity index (χ1) is 10.6. The molecule has 0 aliphatic carbocycles. The number of carbonyl (C=O) groups excluding carboxylic acids is 1. The number of carboxylic acid groups (broad SMARTS) is 1. The largest absolute Gasteiger partial charge is 0.489 e. The van der Waals surface area contributed by atoms with Crippen LogP contribution in [0.4, 0.5) is 0 Å². The fraction of sp³-hybridized carbons (Fsp3) is 0.0588. The highest BCUT2D eigenvalue weighted by molar-refractivity contribution is 6.38. The summed E-state index contributed by atoms with van der Waals surface area (Å²) in [5, 5.41) is 9.12. The van der Waals surface area contributed by atoms with E-state index in [-0.39, 0.29) is 0 Å². The maximum Gasteiger partial charge on any atom is 0.376 e. The predicted octanol–water partition coefficient (Wildman–Crippen LogP) is 3.59. The molecule has 0 heterocycles. The summed E-state index contributed by atoms with van der Waals surface area (Å²) in [6.07, 6.45) is 2.45. The van der Waals surface area contributed by atoms with E-state index in [2.05, 4.69) is 0 Å². The summed E-state index contributed by atoms with van der Waals surface area (Å²) < 4.78 is 5.62. The number of carboxylic acids is 1. The number of ketones is 1. The van der Waals surface area contributed by atoms with E-state index in [0.29, 0.717) is 22.9 Å². The number of rotatable bonds is 6. The van der Waals surface area contributed by atoms with Gasteiger partial charge < -0.3 is 9.84 Å². The molecule has 2 aromatic rings. The second-order valence-corrected chi connectivity index (χ2v) is 4.86. The van der Waals surface area contributed by atoms with Gasteiger partial charge in [-0.05, 0) is 29.8 Å². The van der Waals surface area contributed by atoms with Crippen molar-refractivity contribution < 1.29 is 19.4 Å². The van der Waals surface area contributed by atoms with E-state index >= 15 is 0 Å². The molecule has 0 unspecified atom stereocenters. The van der Waals surface area contributed by atoms with Crippen LogP contribution < -0.4 is 4.74 Å². The van der Waals surface area contributed by atoms with Crippen LogP contribution >= 0.6 is 11.6 Å². The molecular weight excluding hydrogens is 304 g/mol. The van der Waals surface area contributed by atoms with E-state index in [1.807, 2.05) is 18.2 Å². The molecule has 0 radical (unpaired) electrons. The molecule has 0 saturated carbocycles. The maximum absolute atomic E-state index is 11.0. The first kappa shape index (κ1) is 15.8. The molecule has 0 aliphatic heterocycles. The SMILES string of the molecule is O=C(O)C(=O)/C=C/c1ccc(OCc2ccccc2Cl)cc1. The van der Waals surface area contributed by atoms with Crippen molar-refractivity contribution in [1.29, 1.82) is 0 Å². The lowest BCUT2D eigenvalue weighted by Gasteiger charge is -2.07. The van der Waals surface area contributed by atoms with Gasteiger partial charge in [0.05, 0.1) is 0 Å². The molecule has 0 amide bonds. The van der Waals surface area contributed by atoms with E-state index in [9.17, 15) is 9.59 Å². The van der Waals surface area contributed by atoms with Gasteiger partial charge in [0.1, 0.15) is 12.4 Å². The minimum atomic E-state index is -1.48. The number of hydrogen-bond donors (Lipinski definition) is 1. The highest BCUT2D eigenvalue weighted by Gasteiger charge is 2.05. The summed E-state index contributed by atoms with van der Waals surface area (Å²) in [5.74, 6) is -1.78. The van der Waals surface area contributed by atoms with Gasteiger partial charge >= 0.3 is 5.97 Å². The van der Waals surface area contributed by atoms with Crippen LogP contribution in [0.2, 0.25) is 5.02 Å². The third-order valence-corrected chi connectivity index (χ3v) is 3.24. The highest BCUT2D eigenvalue weighted by Crippen LogP contribution is 2.19. The molecule has 0 bridgehead atoms. The lowest BCUT2D eigenvalue weighted by molar-refractivity contribution is -0.146. The fourth-order valence-corrected chi connectivity index (χ4v) is 1.89. The molecule has 4 nitrogen and oxygen atoms in total. The quantitative estimate of drug-likeness (QED) is 0.653. The molecule has 5 heteroatoms. The smallest absolute Gasteiger partial charge is 0.376 e. The van der Waals surface area contributed by atoms with Crippen molar-refractivity contribution in [1.82, 2.24) is 0 Å². The summed E-state index contributed by atoms with van der Waals surface area (Å²) >= 11 is 6.04. The summed E-state index contributed by atoms with van der Waals surface area (Å²) in [7, 11) is 0. The third kappa shape index (κ3) is 4.46. The van der Waals surface area contributed by atoms with Crippen molar-refractivity contribution in [2.24, 2.45) is 0 Å². The third-order valence-electron chi connectivity index (χ3n) is 2.87. The van der Waals surface area contributed by atoms with Gasteiger partial charge in [-0.1, -0.05) is 48.0 Å². The Bertz CT molecular complexity index is 705. The van der Waals surface area contributed by atoms with Crippen LogP contribution in [0.25, 0.3) is 6.08 Å². The second-order valence-electron chi connectivity index (χ2n) is 4.45. The molecule has 0 aliphatic rings. The number of carbonyl (C=O) groups is 2. The normalized spacial score (nSPS) is 10.6. The van der Waals surface area contributed by atoms with Gasteiger partial charge in [-0.15, -0.1) is 0 Å². The summed E-state index contributed by atoms with van der Waals surface area (Å²) in [6, 6.07) is 14.4. The van der Waals surface area contributed by atoms with Gasteiger partial charge in [-0.25, -0.2) is 4.79 Å². The van der Waals surface area contributed by atoms with Crippen molar-refractivity contribution in [2.45, 2.75) is 6.61 Å². The van der Waals surface area contributed by atoms with Crippen LogP contribution in [0.5, 0.6) is 5.75 Å². The zero-order valence-corrected chi connectivity index (χ0v) is 12.3. The molecular formula is C17H13ClO4. The number of hydrogen-bond acceptors (Lipinski definition) is 3. The zero-order valence-electron chi connectivity index (χ0n) is 11.5. The maximum atomic E-state index is 11.0. The van der Waals surface area contributed by atoms with Crippen molar-refractivity contribution in [3.05, 3.63) is 70.8 Å². The first-order valence-corrected chi connectivity index (χ1v) is 6.85. The molecule has 112 valence electrons. The van der Waals surface area contributed by atoms with Gasteiger partial charge in [0, 0.05) is 10.6 Å². The van der Waals surface area contributed by atoms with Gasteiger partial charge in [-0.3, -0.25) is 4.79 Å². The lowest BCUT2D eigenvalue weighted by Crippen LogP contribution is -2.08. The Kier molecular flexibility index (Phi) is 5.33. The van der Waals surface area contributed by atoms with E-state index in [0.717, 1.165) is 11.6 Å². The van der Waals surface area contributed by atoms with Crippen molar-refractivity contribution >= 4 is 29.4 Å². The number of halogens is 1. The molecule has 0 spiro atoms. The van der Waals surface area contributed by atoms with Gasteiger partial charge in [0.2, 0.25) is 0 Å². The highest BCUT2D eigenvalue weighted by atomic mass is 35.5. The average Bonchev–Trinajstić information content (AvgIpc) is 2.52. The van der Waals surface area contributed by atoms with Crippen molar-refractivity contribution in [3.8, 4) is 5.75 Å². The minimum Gasteiger partial charge on any atom is -0.489 e. The average molecular weight is 317 g/mol. The Morgan fingerprint density at radius 3 is 2.41 bits per heavy atom. The number of ether oxygens (including phenoxy) is 1. The fourth-order valence-electron chi connectivity index (χ4n) is 1.69. The lowest BCUT2D eigenvalue weighted by atomic mass is 10.2. The van der Waals surface area contributed by atoms with E-state index < -0.39 is 11.8 Å². The van der Waals surface area contributed by atoms with Crippen molar-refractivity contribution in [3.63, 3.8) is 0 Å². The molecule has 0 saturated heterocycles. The summed E-state index contributed by atoms with van der Waals surface area (Å²) in [4.78, 5) is 21.3. The second kappa shape index (κ2) is 7.43. The molecule has 0 fully saturated rings. The van der Waals surface area contributed by atoms with Crippen LogP contribution in [0, 0.1) is 0 Å². The monoisotopic (exact) mass is 316 g/mol. The summed E-state index contributed by atoms with van der Waals surface area (Å²) in [6.45, 7) is 0.354. The zero-order chi connectivity index (χ0) is 15.9. The Labute approximate surface area is 132 Å². The Hall–Kier alpha value is -2.59. The Morgan fingerprint density at radius 2 is 1.77 bits per heavy atom. The molecule has 22 heavy (non-hydrogen) atoms. The number of benzene rings is 2. The molecule has 2 rings (SSSR count). The van der Waals surface area contributed by atoms with Gasteiger partial charge in [0.25, 0.3) is 5.78 Å². The molecule has 0 aromatic heterocycles. The standard InChI is InChI=1S/C17H13ClO4/c18-15-4-2-1-3-13(15)11-22-14-8-5-12(6-9-14)7-10-16(19)17(20)21/h1-10H,11H2,(H,20,21)/b10-7+. The molecule has 2 aromatic carbocycles. The minimum absolute atomic E-state index is 0.354. The molecule has 0 atom stereocenters. The van der Waals surface area contributed by atoms with E-state index in [1.165, 1.54) is 6.08 Å². The van der Waals surface area contributed by atoms with Gasteiger partial charge in [0.15, 0.2) is 0 Å². The van der Waals surface area contributed by atoms with E-state index in [4.69, 9.17) is 21.4 Å². The Balaban J connectivity index is 1.96. The first-order valence-electron chi connectivity index (χ1n) is 6.48. The van der Waals surface area contributed by atoms with Crippen LogP contribution in [0.3, 0.4) is 0 Å². The molecule has 1 N–H and O–H groups in total. The predicted molar refractivity (Wildman–Crippen MR) is 83.9 cm³/mol. The summed E-state index contributed by atoms with van der Waals surface area (Å²) in [5.41, 5.74) is 1.60. The topological polar surface area (TPSA) is 63.6 Å². The van der Waals surface area contributed by atoms with Crippen LogP contribution in [0.1, 0.15) is 11.1 Å². The van der Waals surface area contributed by atoms with Crippen LogP contribution in [0.15, 0.2) is 54.6 Å². The number of aliphatic carboxylic acids is 1. The van der Waals surface area contributed by atoms with Crippen LogP contribution in [-0.2, 0) is 16.2 Å². The Morgan fingerprint density at radius 1 is 1.09 bits per heavy atom. The van der Waals surface area contributed by atoms with E-state index in [1.54, 1.807) is 30.3 Å². The van der Waals surface area contributed by atoms with Crippen molar-refractivity contribution in [2.75, 3.05) is 0 Å². The van der Waals surface area contributed by atoms with Gasteiger partial charge in [-0.2, -0.15) is 0 Å².